The lowest BCUT2D eigenvalue weighted by molar-refractivity contribution is 0.00758. The largest absolute Gasteiger partial charge is 0.385 e. The zero-order valence-corrected chi connectivity index (χ0v) is 9.33. The van der Waals surface area contributed by atoms with Gasteiger partial charge in [-0.3, -0.25) is 0 Å². The Morgan fingerprint density at radius 3 is 2.36 bits per heavy atom. The molecule has 1 aliphatic rings. The molecule has 0 bridgehead atoms. The van der Waals surface area contributed by atoms with Gasteiger partial charge in [-0.2, -0.15) is 0 Å². The molecule has 0 aromatic carbocycles. The van der Waals surface area contributed by atoms with Crippen LogP contribution in [0.25, 0.3) is 0 Å². The SMILES string of the molecule is CCOCCC1CCC(CCOC)O1. The van der Waals surface area contributed by atoms with E-state index < -0.39 is 0 Å². The summed E-state index contributed by atoms with van der Waals surface area (Å²) in [6.07, 6.45) is 5.27. The molecular formula is C11H22O3. The van der Waals surface area contributed by atoms with Crippen LogP contribution < -0.4 is 0 Å². The van der Waals surface area contributed by atoms with Gasteiger partial charge in [0.05, 0.1) is 12.2 Å². The van der Waals surface area contributed by atoms with Crippen LogP contribution in [-0.4, -0.2) is 39.1 Å². The van der Waals surface area contributed by atoms with Crippen molar-refractivity contribution in [2.75, 3.05) is 26.9 Å². The minimum atomic E-state index is 0.418. The van der Waals surface area contributed by atoms with Crippen LogP contribution in [0.4, 0.5) is 0 Å². The second kappa shape index (κ2) is 7.21. The standard InChI is InChI=1S/C11H22O3/c1-3-13-9-7-11-5-4-10(14-11)6-8-12-2/h10-11H,3-9H2,1-2H3. The molecule has 1 fully saturated rings. The third kappa shape index (κ3) is 4.40. The van der Waals surface area contributed by atoms with Crippen molar-refractivity contribution in [3.63, 3.8) is 0 Å². The number of rotatable bonds is 7. The highest BCUT2D eigenvalue weighted by atomic mass is 16.5. The van der Waals surface area contributed by atoms with Crippen molar-refractivity contribution in [1.29, 1.82) is 0 Å². The third-order valence-electron chi connectivity index (χ3n) is 2.63. The second-order valence-corrected chi connectivity index (χ2v) is 3.72. The first-order valence-electron chi connectivity index (χ1n) is 5.59. The first-order chi connectivity index (χ1) is 6.86. The normalized spacial score (nSPS) is 27.0. The van der Waals surface area contributed by atoms with Gasteiger partial charge in [0.1, 0.15) is 0 Å². The molecule has 2 unspecified atom stereocenters. The zero-order valence-electron chi connectivity index (χ0n) is 9.33. The van der Waals surface area contributed by atoms with Gasteiger partial charge in [0.15, 0.2) is 0 Å². The van der Waals surface area contributed by atoms with Crippen molar-refractivity contribution >= 4 is 0 Å². The summed E-state index contributed by atoms with van der Waals surface area (Å²) < 4.78 is 16.2. The Labute approximate surface area is 86.7 Å². The molecule has 0 saturated carbocycles. The molecule has 2 atom stereocenters. The molecule has 0 spiro atoms. The van der Waals surface area contributed by atoms with Crippen molar-refractivity contribution in [3.05, 3.63) is 0 Å². The van der Waals surface area contributed by atoms with Gasteiger partial charge in [-0.1, -0.05) is 0 Å². The molecule has 3 heteroatoms. The smallest absolute Gasteiger partial charge is 0.0601 e. The summed E-state index contributed by atoms with van der Waals surface area (Å²) in [5, 5.41) is 0. The van der Waals surface area contributed by atoms with Crippen LogP contribution in [0, 0.1) is 0 Å². The van der Waals surface area contributed by atoms with Gasteiger partial charge in [0, 0.05) is 26.9 Å². The van der Waals surface area contributed by atoms with Crippen LogP contribution in [0.2, 0.25) is 0 Å². The average Bonchev–Trinajstić information content (AvgIpc) is 2.63. The fourth-order valence-electron chi connectivity index (χ4n) is 1.81. The van der Waals surface area contributed by atoms with E-state index in [1.54, 1.807) is 7.11 Å². The molecule has 3 nitrogen and oxygen atoms in total. The van der Waals surface area contributed by atoms with E-state index in [1.807, 2.05) is 6.92 Å². The van der Waals surface area contributed by atoms with Gasteiger partial charge in [0.2, 0.25) is 0 Å². The highest BCUT2D eigenvalue weighted by Gasteiger charge is 2.24. The minimum absolute atomic E-state index is 0.418. The molecule has 0 aliphatic carbocycles. The molecule has 0 radical (unpaired) electrons. The van der Waals surface area contributed by atoms with Crippen LogP contribution in [0.5, 0.6) is 0 Å². The maximum atomic E-state index is 5.85. The number of hydrogen-bond acceptors (Lipinski definition) is 3. The van der Waals surface area contributed by atoms with Gasteiger partial charge >= 0.3 is 0 Å². The first kappa shape index (κ1) is 12.0. The van der Waals surface area contributed by atoms with Crippen LogP contribution >= 0.6 is 0 Å². The van der Waals surface area contributed by atoms with Gasteiger partial charge in [-0.25, -0.2) is 0 Å². The summed E-state index contributed by atoms with van der Waals surface area (Å²) in [5.74, 6) is 0. The van der Waals surface area contributed by atoms with Crippen molar-refractivity contribution in [1.82, 2.24) is 0 Å². The maximum absolute atomic E-state index is 5.85. The Balaban J connectivity index is 2.02. The Morgan fingerprint density at radius 2 is 1.79 bits per heavy atom. The lowest BCUT2D eigenvalue weighted by Crippen LogP contribution is -2.14. The molecule has 1 heterocycles. The Kier molecular flexibility index (Phi) is 6.15. The summed E-state index contributed by atoms with van der Waals surface area (Å²) in [5.41, 5.74) is 0. The Bertz CT molecular complexity index is 138. The fraction of sp³-hybridized carbons (Fsp3) is 1.00. The minimum Gasteiger partial charge on any atom is -0.385 e. The predicted octanol–water partition coefficient (Wildman–Crippen LogP) is 2.00. The van der Waals surface area contributed by atoms with Crippen molar-refractivity contribution in [3.8, 4) is 0 Å². The lowest BCUT2D eigenvalue weighted by atomic mass is 10.1. The molecule has 0 aromatic rings. The molecule has 84 valence electrons. The molecule has 1 saturated heterocycles. The second-order valence-electron chi connectivity index (χ2n) is 3.72. The van der Waals surface area contributed by atoms with E-state index in [0.29, 0.717) is 12.2 Å². The van der Waals surface area contributed by atoms with E-state index in [9.17, 15) is 0 Å². The van der Waals surface area contributed by atoms with Gasteiger partial charge in [-0.15, -0.1) is 0 Å². The van der Waals surface area contributed by atoms with E-state index in [4.69, 9.17) is 14.2 Å². The molecular weight excluding hydrogens is 180 g/mol. The summed E-state index contributed by atoms with van der Waals surface area (Å²) in [6.45, 7) is 4.47. The number of ether oxygens (including phenoxy) is 3. The highest BCUT2D eigenvalue weighted by Crippen LogP contribution is 2.24. The van der Waals surface area contributed by atoms with Crippen LogP contribution in [0.1, 0.15) is 32.6 Å². The van der Waals surface area contributed by atoms with Crippen molar-refractivity contribution < 1.29 is 14.2 Å². The van der Waals surface area contributed by atoms with Gasteiger partial charge in [0.25, 0.3) is 0 Å². The molecule has 0 amide bonds. The molecule has 1 aliphatic heterocycles. The number of methoxy groups -OCH3 is 1. The zero-order chi connectivity index (χ0) is 10.2. The summed E-state index contributed by atoms with van der Waals surface area (Å²) >= 11 is 0. The predicted molar refractivity (Wildman–Crippen MR) is 55.5 cm³/mol. The summed E-state index contributed by atoms with van der Waals surface area (Å²) in [6, 6.07) is 0. The Hall–Kier alpha value is -0.120. The van der Waals surface area contributed by atoms with Gasteiger partial charge < -0.3 is 14.2 Å². The maximum Gasteiger partial charge on any atom is 0.0601 e. The summed E-state index contributed by atoms with van der Waals surface area (Å²) in [7, 11) is 1.74. The topological polar surface area (TPSA) is 27.7 Å². The lowest BCUT2D eigenvalue weighted by Gasteiger charge is -2.13. The quantitative estimate of drug-likeness (QED) is 0.591. The molecule has 0 N–H and O–H groups in total. The van der Waals surface area contributed by atoms with E-state index in [2.05, 4.69) is 0 Å². The first-order valence-corrected chi connectivity index (χ1v) is 5.59. The van der Waals surface area contributed by atoms with Crippen LogP contribution in [-0.2, 0) is 14.2 Å². The van der Waals surface area contributed by atoms with Gasteiger partial charge in [-0.05, 0) is 32.6 Å². The average molecular weight is 202 g/mol. The van der Waals surface area contributed by atoms with E-state index in [1.165, 1.54) is 12.8 Å². The van der Waals surface area contributed by atoms with Crippen molar-refractivity contribution in [2.45, 2.75) is 44.8 Å². The van der Waals surface area contributed by atoms with E-state index in [-0.39, 0.29) is 0 Å². The Morgan fingerprint density at radius 1 is 1.14 bits per heavy atom. The van der Waals surface area contributed by atoms with Crippen LogP contribution in [0.3, 0.4) is 0 Å². The molecule has 0 aromatic heterocycles. The summed E-state index contributed by atoms with van der Waals surface area (Å²) in [4.78, 5) is 0. The monoisotopic (exact) mass is 202 g/mol. The number of hydrogen-bond donors (Lipinski definition) is 0. The third-order valence-corrected chi connectivity index (χ3v) is 2.63. The fourth-order valence-corrected chi connectivity index (χ4v) is 1.81. The van der Waals surface area contributed by atoms with Crippen molar-refractivity contribution in [2.24, 2.45) is 0 Å². The molecule has 14 heavy (non-hydrogen) atoms. The van der Waals surface area contributed by atoms with E-state index >= 15 is 0 Å². The van der Waals surface area contributed by atoms with E-state index in [0.717, 1.165) is 32.7 Å². The molecule has 1 rings (SSSR count). The highest BCUT2D eigenvalue weighted by molar-refractivity contribution is 4.73. The van der Waals surface area contributed by atoms with Crippen LogP contribution in [0.15, 0.2) is 0 Å².